The van der Waals surface area contributed by atoms with Crippen molar-refractivity contribution in [2.24, 2.45) is 17.1 Å². The second-order valence-electron chi connectivity index (χ2n) is 7.23. The Morgan fingerprint density at radius 2 is 1.64 bits per heavy atom. The third kappa shape index (κ3) is 6.16. The van der Waals surface area contributed by atoms with Crippen LogP contribution in [0.5, 0.6) is 0 Å². The zero-order valence-electron chi connectivity index (χ0n) is 15.1. The topological polar surface area (TPSA) is 98.5 Å². The van der Waals surface area contributed by atoms with Crippen molar-refractivity contribution in [1.82, 2.24) is 5.32 Å². The third-order valence-electron chi connectivity index (χ3n) is 3.55. The Labute approximate surface area is 156 Å². The lowest BCUT2D eigenvalue weighted by atomic mass is 9.86. The van der Waals surface area contributed by atoms with E-state index in [1.165, 1.54) is 0 Å². The molecule has 25 heavy (non-hydrogen) atoms. The molecule has 1 aromatic rings. The van der Waals surface area contributed by atoms with Crippen molar-refractivity contribution < 1.29 is 19.1 Å². The van der Waals surface area contributed by atoms with E-state index in [1.54, 1.807) is 58.9 Å². The third-order valence-corrected chi connectivity index (χ3v) is 4.08. The summed E-state index contributed by atoms with van der Waals surface area (Å²) in [6.45, 7) is 8.73. The molecule has 0 saturated heterocycles. The summed E-state index contributed by atoms with van der Waals surface area (Å²) in [5, 5.41) is 2.61. The summed E-state index contributed by atoms with van der Waals surface area (Å²) >= 11 is 3.32. The highest BCUT2D eigenvalue weighted by Gasteiger charge is 2.35. The second kappa shape index (κ2) is 8.47. The molecule has 0 bridgehead atoms. The maximum atomic E-state index is 12.7. The zero-order chi connectivity index (χ0) is 19.4. The molecule has 1 unspecified atom stereocenters. The molecule has 0 fully saturated rings. The standard InChI is InChI=1S/C18H25BrN2O4/c1-10(2)17(24)25-13(11-6-8-12(19)9-7-11)16(23)21-14(15(20)22)18(3,4)5/h6-10,13-14H,1-5H3,(H2,20,22)(H,21,23)/t13?,14-/m1/s1. The van der Waals surface area contributed by atoms with Crippen LogP contribution in [0.15, 0.2) is 28.7 Å². The summed E-state index contributed by atoms with van der Waals surface area (Å²) < 4.78 is 6.20. The van der Waals surface area contributed by atoms with Gasteiger partial charge in [0.25, 0.3) is 5.91 Å². The van der Waals surface area contributed by atoms with Gasteiger partial charge < -0.3 is 15.8 Å². The molecule has 0 aromatic heterocycles. The van der Waals surface area contributed by atoms with E-state index in [0.717, 1.165) is 4.47 Å². The first kappa shape index (κ1) is 21.2. The van der Waals surface area contributed by atoms with Gasteiger partial charge in [-0.1, -0.05) is 62.7 Å². The lowest BCUT2D eigenvalue weighted by molar-refractivity contribution is -0.160. The number of ether oxygens (including phenoxy) is 1. The fraction of sp³-hybridized carbons (Fsp3) is 0.500. The fourth-order valence-electron chi connectivity index (χ4n) is 2.10. The molecule has 2 amide bonds. The van der Waals surface area contributed by atoms with Crippen molar-refractivity contribution in [2.75, 3.05) is 0 Å². The van der Waals surface area contributed by atoms with E-state index in [0.29, 0.717) is 5.56 Å². The van der Waals surface area contributed by atoms with Gasteiger partial charge in [0.1, 0.15) is 6.04 Å². The molecule has 0 aliphatic heterocycles. The first-order valence-corrected chi connectivity index (χ1v) is 8.78. The lowest BCUT2D eigenvalue weighted by Crippen LogP contribution is -2.53. The Kier molecular flexibility index (Phi) is 7.17. The van der Waals surface area contributed by atoms with Crippen molar-refractivity contribution in [2.45, 2.75) is 46.8 Å². The van der Waals surface area contributed by atoms with E-state index in [4.69, 9.17) is 10.5 Å². The number of hydrogen-bond acceptors (Lipinski definition) is 4. The van der Waals surface area contributed by atoms with Crippen LogP contribution in [0.25, 0.3) is 0 Å². The highest BCUT2D eigenvalue weighted by atomic mass is 79.9. The number of nitrogens with one attached hydrogen (secondary N) is 1. The Morgan fingerprint density at radius 3 is 2.04 bits per heavy atom. The zero-order valence-corrected chi connectivity index (χ0v) is 16.7. The van der Waals surface area contributed by atoms with E-state index in [9.17, 15) is 14.4 Å². The van der Waals surface area contributed by atoms with Crippen molar-refractivity contribution in [1.29, 1.82) is 0 Å². The highest BCUT2D eigenvalue weighted by molar-refractivity contribution is 9.10. The van der Waals surface area contributed by atoms with Gasteiger partial charge in [0.2, 0.25) is 12.0 Å². The van der Waals surface area contributed by atoms with Crippen LogP contribution in [-0.2, 0) is 19.1 Å². The quantitative estimate of drug-likeness (QED) is 0.701. The van der Waals surface area contributed by atoms with Crippen LogP contribution in [0.2, 0.25) is 0 Å². The SMILES string of the molecule is CC(C)C(=O)OC(C(=O)N[C@H](C(N)=O)C(C)(C)C)c1ccc(Br)cc1. The Hall–Kier alpha value is -1.89. The minimum absolute atomic E-state index is 0.389. The van der Waals surface area contributed by atoms with Crippen LogP contribution in [0.1, 0.15) is 46.3 Å². The van der Waals surface area contributed by atoms with Crippen LogP contribution >= 0.6 is 15.9 Å². The first-order valence-electron chi connectivity index (χ1n) is 7.99. The molecule has 0 spiro atoms. The van der Waals surface area contributed by atoms with Crippen LogP contribution < -0.4 is 11.1 Å². The van der Waals surface area contributed by atoms with E-state index in [-0.39, 0.29) is 5.92 Å². The first-order chi connectivity index (χ1) is 11.4. The van der Waals surface area contributed by atoms with Crippen molar-refractivity contribution >= 4 is 33.7 Å². The summed E-state index contributed by atoms with van der Waals surface area (Å²) in [4.78, 5) is 36.5. The molecule has 0 heterocycles. The molecular weight excluding hydrogens is 388 g/mol. The fourth-order valence-corrected chi connectivity index (χ4v) is 2.36. The molecule has 0 aliphatic carbocycles. The predicted octanol–water partition coefficient (Wildman–Crippen LogP) is 2.71. The normalized spacial score (nSPS) is 13.9. The van der Waals surface area contributed by atoms with Crippen molar-refractivity contribution in [3.63, 3.8) is 0 Å². The minimum atomic E-state index is -1.16. The number of benzene rings is 1. The minimum Gasteiger partial charge on any atom is -0.447 e. The number of halogens is 1. The highest BCUT2D eigenvalue weighted by Crippen LogP contribution is 2.24. The van der Waals surface area contributed by atoms with Gasteiger partial charge in [-0.05, 0) is 17.5 Å². The van der Waals surface area contributed by atoms with Crippen LogP contribution in [0.3, 0.4) is 0 Å². The number of primary amides is 1. The number of esters is 1. The van der Waals surface area contributed by atoms with E-state index in [2.05, 4.69) is 21.2 Å². The number of amides is 2. The Morgan fingerprint density at radius 1 is 1.12 bits per heavy atom. The molecule has 7 heteroatoms. The van der Waals surface area contributed by atoms with Crippen molar-refractivity contribution in [3.05, 3.63) is 34.3 Å². The molecule has 3 N–H and O–H groups in total. The van der Waals surface area contributed by atoms with Crippen LogP contribution in [-0.4, -0.2) is 23.8 Å². The monoisotopic (exact) mass is 412 g/mol. The molecule has 1 aromatic carbocycles. The molecule has 0 saturated carbocycles. The Balaban J connectivity index is 3.13. The molecule has 0 aliphatic rings. The summed E-state index contributed by atoms with van der Waals surface area (Å²) in [6.07, 6.45) is -1.16. The van der Waals surface area contributed by atoms with Gasteiger partial charge >= 0.3 is 5.97 Å². The average Bonchev–Trinajstić information content (AvgIpc) is 2.49. The molecule has 2 atom stereocenters. The van der Waals surface area contributed by atoms with Gasteiger partial charge in [-0.2, -0.15) is 0 Å². The summed E-state index contributed by atoms with van der Waals surface area (Å²) in [5.74, 6) is -2.13. The van der Waals surface area contributed by atoms with Gasteiger partial charge in [-0.15, -0.1) is 0 Å². The average molecular weight is 413 g/mol. The van der Waals surface area contributed by atoms with Gasteiger partial charge in [-0.3, -0.25) is 14.4 Å². The number of carbonyl (C=O) groups is 3. The molecular formula is C18H25BrN2O4. The maximum Gasteiger partial charge on any atom is 0.309 e. The Bertz CT molecular complexity index is 635. The molecule has 0 radical (unpaired) electrons. The van der Waals surface area contributed by atoms with Crippen molar-refractivity contribution in [3.8, 4) is 0 Å². The number of carbonyl (C=O) groups excluding carboxylic acids is 3. The van der Waals surface area contributed by atoms with E-state index in [1.807, 2.05) is 0 Å². The second-order valence-corrected chi connectivity index (χ2v) is 8.15. The van der Waals surface area contributed by atoms with Crippen LogP contribution in [0, 0.1) is 11.3 Å². The maximum absolute atomic E-state index is 12.7. The summed E-state index contributed by atoms with van der Waals surface area (Å²) in [7, 11) is 0. The molecule has 1 rings (SSSR count). The largest absolute Gasteiger partial charge is 0.447 e. The summed E-state index contributed by atoms with van der Waals surface area (Å²) in [5.41, 5.74) is 5.34. The van der Waals surface area contributed by atoms with Gasteiger partial charge in [-0.25, -0.2) is 0 Å². The van der Waals surface area contributed by atoms with E-state index < -0.39 is 35.3 Å². The van der Waals surface area contributed by atoms with Crippen LogP contribution in [0.4, 0.5) is 0 Å². The van der Waals surface area contributed by atoms with Gasteiger partial charge in [0.05, 0.1) is 5.92 Å². The predicted molar refractivity (Wildman–Crippen MR) is 98.4 cm³/mol. The lowest BCUT2D eigenvalue weighted by Gasteiger charge is -2.30. The molecule has 6 nitrogen and oxygen atoms in total. The van der Waals surface area contributed by atoms with Gasteiger partial charge in [0, 0.05) is 10.0 Å². The number of rotatable bonds is 6. The number of nitrogens with two attached hydrogens (primary N) is 1. The summed E-state index contributed by atoms with van der Waals surface area (Å²) in [6, 6.07) is 5.95. The number of hydrogen-bond donors (Lipinski definition) is 2. The smallest absolute Gasteiger partial charge is 0.309 e. The van der Waals surface area contributed by atoms with Gasteiger partial charge in [0.15, 0.2) is 0 Å². The molecule has 138 valence electrons. The van der Waals surface area contributed by atoms with E-state index >= 15 is 0 Å².